The first-order valence-electron chi connectivity index (χ1n) is 10.8. The molecule has 150 valence electrons. The van der Waals surface area contributed by atoms with Gasteiger partial charge in [-0.15, -0.1) is 0 Å². The molecule has 28 heavy (non-hydrogen) atoms. The molecular formula is C23H32N4O. The molecule has 0 spiro atoms. The zero-order valence-corrected chi connectivity index (χ0v) is 17.0. The van der Waals surface area contributed by atoms with Crippen LogP contribution in [0.5, 0.6) is 0 Å². The Morgan fingerprint density at radius 2 is 1.89 bits per heavy atom. The lowest BCUT2D eigenvalue weighted by Crippen LogP contribution is -2.41. The largest absolute Gasteiger partial charge is 0.310 e. The standard InChI is InChI=1S/C23H32N4O/c1-2-6-22-24-21-17-27(14-11-20(21)23(28)25-22)16-19-9-12-26(13-10-19)15-18-7-4-3-5-8-18/h3-5,7-8,19H,2,6,9-17H2,1H3,(H,24,25,28). The number of likely N-dealkylation sites (tertiary alicyclic amines) is 1. The van der Waals surface area contributed by atoms with Crippen molar-refractivity contribution in [3.63, 3.8) is 0 Å². The van der Waals surface area contributed by atoms with Crippen LogP contribution in [0.2, 0.25) is 0 Å². The third-order valence-electron chi connectivity index (χ3n) is 6.16. The number of piperidine rings is 1. The molecule has 1 saturated heterocycles. The molecule has 2 aromatic rings. The SMILES string of the molecule is CCCc1nc2c(c(=O)[nH]1)CCN(CC1CCN(Cc3ccccc3)CC1)C2. The summed E-state index contributed by atoms with van der Waals surface area (Å²) in [5.74, 6) is 1.60. The molecule has 2 aliphatic heterocycles. The van der Waals surface area contributed by atoms with Crippen molar-refractivity contribution < 1.29 is 0 Å². The van der Waals surface area contributed by atoms with Crippen LogP contribution in [0.15, 0.2) is 35.1 Å². The number of nitrogens with zero attached hydrogens (tertiary/aromatic N) is 3. The molecule has 0 radical (unpaired) electrons. The maximum atomic E-state index is 12.3. The Hall–Kier alpha value is -1.98. The molecule has 1 aromatic carbocycles. The first-order chi connectivity index (χ1) is 13.7. The lowest BCUT2D eigenvalue weighted by atomic mass is 9.94. The van der Waals surface area contributed by atoms with Gasteiger partial charge in [0, 0.05) is 38.2 Å². The average molecular weight is 381 g/mol. The van der Waals surface area contributed by atoms with Crippen molar-refractivity contribution in [1.82, 2.24) is 19.8 Å². The Bertz CT molecular complexity index is 824. The lowest BCUT2D eigenvalue weighted by molar-refractivity contribution is 0.131. The first-order valence-corrected chi connectivity index (χ1v) is 10.8. The van der Waals surface area contributed by atoms with E-state index in [1.165, 1.54) is 31.5 Å². The second-order valence-electron chi connectivity index (χ2n) is 8.38. The predicted molar refractivity (Wildman–Crippen MR) is 112 cm³/mol. The van der Waals surface area contributed by atoms with Gasteiger partial charge in [-0.25, -0.2) is 4.98 Å². The number of hydrogen-bond acceptors (Lipinski definition) is 4. The summed E-state index contributed by atoms with van der Waals surface area (Å²) in [6.45, 7) is 8.50. The minimum atomic E-state index is 0.0855. The number of aryl methyl sites for hydroxylation is 1. The summed E-state index contributed by atoms with van der Waals surface area (Å²) in [6.07, 6.45) is 5.21. The van der Waals surface area contributed by atoms with E-state index in [4.69, 9.17) is 4.98 Å². The van der Waals surface area contributed by atoms with Crippen molar-refractivity contribution in [2.24, 2.45) is 5.92 Å². The van der Waals surface area contributed by atoms with Crippen LogP contribution >= 0.6 is 0 Å². The van der Waals surface area contributed by atoms with Crippen LogP contribution in [-0.2, 0) is 25.9 Å². The Balaban J connectivity index is 1.30. The molecule has 5 heteroatoms. The maximum absolute atomic E-state index is 12.3. The number of aromatic nitrogens is 2. The second-order valence-corrected chi connectivity index (χ2v) is 8.38. The Labute approximate surface area is 167 Å². The smallest absolute Gasteiger partial charge is 0.254 e. The third-order valence-corrected chi connectivity index (χ3v) is 6.16. The number of fused-ring (bicyclic) bond motifs is 1. The summed E-state index contributed by atoms with van der Waals surface area (Å²) in [5.41, 5.74) is 3.42. The minimum Gasteiger partial charge on any atom is -0.310 e. The van der Waals surface area contributed by atoms with Gasteiger partial charge in [0.15, 0.2) is 0 Å². The monoisotopic (exact) mass is 380 g/mol. The maximum Gasteiger partial charge on any atom is 0.254 e. The zero-order valence-electron chi connectivity index (χ0n) is 17.0. The molecule has 1 aromatic heterocycles. The molecule has 0 saturated carbocycles. The molecule has 0 unspecified atom stereocenters. The summed E-state index contributed by atoms with van der Waals surface area (Å²) in [5, 5.41) is 0. The second kappa shape index (κ2) is 9.01. The predicted octanol–water partition coefficient (Wildman–Crippen LogP) is 2.99. The molecule has 0 atom stereocenters. The van der Waals surface area contributed by atoms with Gasteiger partial charge in [-0.3, -0.25) is 14.6 Å². The number of hydrogen-bond donors (Lipinski definition) is 1. The van der Waals surface area contributed by atoms with Crippen LogP contribution in [0.4, 0.5) is 0 Å². The van der Waals surface area contributed by atoms with Crippen molar-refractivity contribution in [3.05, 3.63) is 63.3 Å². The van der Waals surface area contributed by atoms with Gasteiger partial charge in [-0.1, -0.05) is 37.3 Å². The van der Waals surface area contributed by atoms with Crippen LogP contribution in [0, 0.1) is 5.92 Å². The van der Waals surface area contributed by atoms with E-state index < -0.39 is 0 Å². The van der Waals surface area contributed by atoms with Crippen LogP contribution in [0.1, 0.15) is 48.8 Å². The van der Waals surface area contributed by atoms with Gasteiger partial charge in [0.25, 0.3) is 5.56 Å². The topological polar surface area (TPSA) is 52.2 Å². The normalized spacial score (nSPS) is 18.9. The van der Waals surface area contributed by atoms with E-state index in [1.54, 1.807) is 0 Å². The number of H-pyrrole nitrogens is 1. The summed E-state index contributed by atoms with van der Waals surface area (Å²) >= 11 is 0. The molecule has 0 bridgehead atoms. The number of benzene rings is 1. The van der Waals surface area contributed by atoms with Gasteiger partial charge < -0.3 is 4.98 Å². The van der Waals surface area contributed by atoms with E-state index >= 15 is 0 Å². The van der Waals surface area contributed by atoms with Gasteiger partial charge in [0.1, 0.15) is 5.82 Å². The number of rotatable bonds is 6. The molecule has 5 nitrogen and oxygen atoms in total. The van der Waals surface area contributed by atoms with Crippen molar-refractivity contribution in [2.75, 3.05) is 26.2 Å². The summed E-state index contributed by atoms with van der Waals surface area (Å²) in [6, 6.07) is 10.8. The molecule has 0 aliphatic carbocycles. The highest BCUT2D eigenvalue weighted by Gasteiger charge is 2.25. The van der Waals surface area contributed by atoms with E-state index in [2.05, 4.69) is 52.0 Å². The molecule has 3 heterocycles. The highest BCUT2D eigenvalue weighted by Crippen LogP contribution is 2.23. The van der Waals surface area contributed by atoms with Crippen LogP contribution in [0.3, 0.4) is 0 Å². The van der Waals surface area contributed by atoms with E-state index in [9.17, 15) is 4.79 Å². The highest BCUT2D eigenvalue weighted by molar-refractivity contribution is 5.21. The summed E-state index contributed by atoms with van der Waals surface area (Å²) < 4.78 is 0. The molecule has 2 aliphatic rings. The van der Waals surface area contributed by atoms with Gasteiger partial charge in [-0.05, 0) is 50.3 Å². The van der Waals surface area contributed by atoms with Gasteiger partial charge in [0.05, 0.1) is 5.69 Å². The fraction of sp³-hybridized carbons (Fsp3) is 0.565. The van der Waals surface area contributed by atoms with Crippen molar-refractivity contribution in [2.45, 2.75) is 52.1 Å². The molecule has 0 amide bonds. The summed E-state index contributed by atoms with van der Waals surface area (Å²) in [7, 11) is 0. The lowest BCUT2D eigenvalue weighted by Gasteiger charge is -2.36. The van der Waals surface area contributed by atoms with E-state index in [0.717, 1.165) is 68.4 Å². The average Bonchev–Trinajstić information content (AvgIpc) is 2.70. The third kappa shape index (κ3) is 4.70. The van der Waals surface area contributed by atoms with Gasteiger partial charge >= 0.3 is 0 Å². The van der Waals surface area contributed by atoms with Crippen molar-refractivity contribution in [1.29, 1.82) is 0 Å². The summed E-state index contributed by atoms with van der Waals surface area (Å²) in [4.78, 5) is 25.1. The van der Waals surface area contributed by atoms with Crippen molar-refractivity contribution in [3.8, 4) is 0 Å². The number of nitrogens with one attached hydrogen (secondary N) is 1. The molecular weight excluding hydrogens is 348 g/mol. The zero-order chi connectivity index (χ0) is 19.3. The minimum absolute atomic E-state index is 0.0855. The van der Waals surface area contributed by atoms with Gasteiger partial charge in [0.2, 0.25) is 0 Å². The fourth-order valence-electron chi connectivity index (χ4n) is 4.59. The molecule has 4 rings (SSSR count). The fourth-order valence-corrected chi connectivity index (χ4v) is 4.59. The van der Waals surface area contributed by atoms with Crippen LogP contribution in [-0.4, -0.2) is 45.9 Å². The van der Waals surface area contributed by atoms with E-state index in [1.807, 2.05) is 0 Å². The van der Waals surface area contributed by atoms with E-state index in [-0.39, 0.29) is 5.56 Å². The van der Waals surface area contributed by atoms with Gasteiger partial charge in [-0.2, -0.15) is 0 Å². The molecule has 1 fully saturated rings. The highest BCUT2D eigenvalue weighted by atomic mass is 16.1. The van der Waals surface area contributed by atoms with Crippen LogP contribution in [0.25, 0.3) is 0 Å². The van der Waals surface area contributed by atoms with E-state index in [0.29, 0.717) is 0 Å². The first kappa shape index (κ1) is 19.3. The Morgan fingerprint density at radius 3 is 2.64 bits per heavy atom. The quantitative estimate of drug-likeness (QED) is 0.837. The number of aromatic amines is 1. The Kier molecular flexibility index (Phi) is 6.23. The van der Waals surface area contributed by atoms with Crippen LogP contribution < -0.4 is 5.56 Å². The Morgan fingerprint density at radius 1 is 1.11 bits per heavy atom. The molecule has 1 N–H and O–H groups in total. The van der Waals surface area contributed by atoms with Crippen molar-refractivity contribution >= 4 is 0 Å².